The second kappa shape index (κ2) is 4.47. The summed E-state index contributed by atoms with van der Waals surface area (Å²) in [4.78, 5) is 9.37. The van der Waals surface area contributed by atoms with E-state index in [1.54, 1.807) is 0 Å². The molecule has 0 saturated heterocycles. The largest absolute Gasteiger partial charge is 0.493 e. The van der Waals surface area contributed by atoms with Gasteiger partial charge in [0.05, 0.1) is 12.5 Å². The number of nitrogen functional groups attached to an aromatic ring is 1. The Hall–Kier alpha value is -2.10. The summed E-state index contributed by atoms with van der Waals surface area (Å²) < 4.78 is 5.71. The van der Waals surface area contributed by atoms with Crippen molar-refractivity contribution in [3.8, 4) is 5.75 Å². The number of benzene rings is 1. The monoisotopic (exact) mass is 267 g/mol. The van der Waals surface area contributed by atoms with E-state index in [4.69, 9.17) is 15.5 Å². The number of aromatic nitrogens is 2. The highest BCUT2D eigenvalue weighted by Crippen LogP contribution is 2.37. The van der Waals surface area contributed by atoms with Gasteiger partial charge in [-0.05, 0) is 31.7 Å². The number of hydrogen-bond acceptors (Lipinski definition) is 4. The molecular formula is C16H17N3O. The molecule has 0 radical (unpaired) electrons. The highest BCUT2D eigenvalue weighted by atomic mass is 16.5. The van der Waals surface area contributed by atoms with E-state index in [0.29, 0.717) is 12.4 Å². The van der Waals surface area contributed by atoms with Gasteiger partial charge in [-0.15, -0.1) is 0 Å². The molecule has 2 aromatic rings. The van der Waals surface area contributed by atoms with Crippen molar-refractivity contribution in [3.63, 3.8) is 0 Å². The van der Waals surface area contributed by atoms with Gasteiger partial charge in [0.1, 0.15) is 17.4 Å². The van der Waals surface area contributed by atoms with E-state index in [2.05, 4.69) is 11.1 Å². The third-order valence-corrected chi connectivity index (χ3v) is 4.25. The zero-order valence-corrected chi connectivity index (χ0v) is 11.3. The van der Waals surface area contributed by atoms with Crippen molar-refractivity contribution in [1.82, 2.24) is 9.97 Å². The Labute approximate surface area is 118 Å². The van der Waals surface area contributed by atoms with Crippen LogP contribution < -0.4 is 10.5 Å². The lowest BCUT2D eigenvalue weighted by molar-refractivity contribution is 0.274. The van der Waals surface area contributed by atoms with Crippen molar-refractivity contribution < 1.29 is 4.74 Å². The van der Waals surface area contributed by atoms with Crippen LogP contribution in [0.3, 0.4) is 0 Å². The molecule has 0 bridgehead atoms. The standard InChI is InChI=1S/C16H17N3O/c17-15-12-5-3-6-13(12)18-16(19-15)11-8-9-20-14-7-2-1-4-10(11)14/h1-2,4,7,11H,3,5-6,8-9H2,(H2,17,18,19). The molecule has 1 aliphatic heterocycles. The lowest BCUT2D eigenvalue weighted by Crippen LogP contribution is -2.18. The Morgan fingerprint density at radius 1 is 1.15 bits per heavy atom. The quantitative estimate of drug-likeness (QED) is 0.862. The Morgan fingerprint density at radius 2 is 2.05 bits per heavy atom. The summed E-state index contributed by atoms with van der Waals surface area (Å²) >= 11 is 0. The number of fused-ring (bicyclic) bond motifs is 2. The summed E-state index contributed by atoms with van der Waals surface area (Å²) in [5, 5.41) is 0. The van der Waals surface area contributed by atoms with Crippen molar-refractivity contribution in [1.29, 1.82) is 0 Å². The van der Waals surface area contributed by atoms with Gasteiger partial charge in [0, 0.05) is 16.8 Å². The second-order valence-electron chi connectivity index (χ2n) is 5.47. The van der Waals surface area contributed by atoms with Crippen LogP contribution >= 0.6 is 0 Å². The first-order chi connectivity index (χ1) is 9.83. The summed E-state index contributed by atoms with van der Waals surface area (Å²) in [6, 6.07) is 8.15. The number of ether oxygens (including phenoxy) is 1. The second-order valence-corrected chi connectivity index (χ2v) is 5.47. The average molecular weight is 267 g/mol. The first kappa shape index (κ1) is 11.7. The predicted octanol–water partition coefficient (Wildman–Crippen LogP) is 2.46. The zero-order chi connectivity index (χ0) is 13.5. The van der Waals surface area contributed by atoms with Crippen LogP contribution in [0.15, 0.2) is 24.3 Å². The maximum atomic E-state index is 6.12. The molecule has 2 aliphatic rings. The molecule has 1 atom stereocenters. The minimum Gasteiger partial charge on any atom is -0.493 e. The molecule has 0 amide bonds. The van der Waals surface area contributed by atoms with Gasteiger partial charge in [0.15, 0.2) is 0 Å². The van der Waals surface area contributed by atoms with Crippen LogP contribution in [-0.2, 0) is 12.8 Å². The Morgan fingerprint density at radius 3 is 3.00 bits per heavy atom. The Bertz CT molecular complexity index is 669. The van der Waals surface area contributed by atoms with Gasteiger partial charge in [-0.2, -0.15) is 0 Å². The fourth-order valence-electron chi connectivity index (χ4n) is 3.25. The van der Waals surface area contributed by atoms with Gasteiger partial charge in [-0.1, -0.05) is 18.2 Å². The third-order valence-electron chi connectivity index (χ3n) is 4.25. The Kier molecular flexibility index (Phi) is 2.62. The number of rotatable bonds is 1. The SMILES string of the molecule is Nc1nc(C2CCOc3ccccc32)nc2c1CCC2. The van der Waals surface area contributed by atoms with Crippen LogP contribution in [0.5, 0.6) is 5.75 Å². The first-order valence-corrected chi connectivity index (χ1v) is 7.20. The lowest BCUT2D eigenvalue weighted by Gasteiger charge is -2.25. The minimum absolute atomic E-state index is 0.202. The fourth-order valence-corrected chi connectivity index (χ4v) is 3.25. The molecule has 1 aliphatic carbocycles. The molecular weight excluding hydrogens is 250 g/mol. The molecule has 20 heavy (non-hydrogen) atoms. The summed E-state index contributed by atoms with van der Waals surface area (Å²) in [5.41, 5.74) is 9.60. The average Bonchev–Trinajstić information content (AvgIpc) is 2.95. The molecule has 1 aromatic heterocycles. The van der Waals surface area contributed by atoms with Crippen LogP contribution in [-0.4, -0.2) is 16.6 Å². The van der Waals surface area contributed by atoms with E-state index >= 15 is 0 Å². The van der Waals surface area contributed by atoms with E-state index in [-0.39, 0.29) is 5.92 Å². The highest BCUT2D eigenvalue weighted by Gasteiger charge is 2.27. The fraction of sp³-hybridized carbons (Fsp3) is 0.375. The smallest absolute Gasteiger partial charge is 0.138 e. The Balaban J connectivity index is 1.81. The van der Waals surface area contributed by atoms with E-state index in [9.17, 15) is 0 Å². The molecule has 2 heterocycles. The highest BCUT2D eigenvalue weighted by molar-refractivity contribution is 5.47. The number of anilines is 1. The van der Waals surface area contributed by atoms with Crippen molar-refractivity contribution in [2.45, 2.75) is 31.6 Å². The molecule has 0 fully saturated rings. The number of aryl methyl sites for hydroxylation is 1. The topological polar surface area (TPSA) is 61.0 Å². The van der Waals surface area contributed by atoms with Gasteiger partial charge in [-0.3, -0.25) is 0 Å². The molecule has 102 valence electrons. The number of hydrogen-bond donors (Lipinski definition) is 1. The molecule has 4 rings (SSSR count). The maximum absolute atomic E-state index is 6.12. The molecule has 4 nitrogen and oxygen atoms in total. The van der Waals surface area contributed by atoms with E-state index < -0.39 is 0 Å². The van der Waals surface area contributed by atoms with Crippen LogP contribution in [0.2, 0.25) is 0 Å². The van der Waals surface area contributed by atoms with Gasteiger partial charge >= 0.3 is 0 Å². The molecule has 2 N–H and O–H groups in total. The summed E-state index contributed by atoms with van der Waals surface area (Å²) in [5.74, 6) is 2.69. The molecule has 1 aromatic carbocycles. The van der Waals surface area contributed by atoms with E-state index in [1.807, 2.05) is 18.2 Å². The van der Waals surface area contributed by atoms with Gasteiger partial charge < -0.3 is 10.5 Å². The number of para-hydroxylation sites is 1. The summed E-state index contributed by atoms with van der Waals surface area (Å²) in [6.07, 6.45) is 4.10. The third kappa shape index (κ3) is 1.75. The first-order valence-electron chi connectivity index (χ1n) is 7.20. The van der Waals surface area contributed by atoms with Crippen LogP contribution in [0, 0.1) is 0 Å². The number of nitrogens with two attached hydrogens (primary N) is 1. The molecule has 1 unspecified atom stereocenters. The van der Waals surface area contributed by atoms with E-state index in [1.165, 1.54) is 5.56 Å². The van der Waals surface area contributed by atoms with Crippen molar-refractivity contribution in [3.05, 3.63) is 46.9 Å². The van der Waals surface area contributed by atoms with Crippen LogP contribution in [0.1, 0.15) is 41.4 Å². The molecule has 0 saturated carbocycles. The van der Waals surface area contributed by atoms with Crippen LogP contribution in [0.4, 0.5) is 5.82 Å². The number of nitrogens with zero attached hydrogens (tertiary/aromatic N) is 2. The van der Waals surface area contributed by atoms with Gasteiger partial charge in [-0.25, -0.2) is 9.97 Å². The summed E-state index contributed by atoms with van der Waals surface area (Å²) in [6.45, 7) is 0.710. The zero-order valence-electron chi connectivity index (χ0n) is 11.3. The molecule has 0 spiro atoms. The van der Waals surface area contributed by atoms with E-state index in [0.717, 1.165) is 48.5 Å². The van der Waals surface area contributed by atoms with Gasteiger partial charge in [0.2, 0.25) is 0 Å². The normalized spacial score (nSPS) is 20.1. The maximum Gasteiger partial charge on any atom is 0.138 e. The van der Waals surface area contributed by atoms with Crippen molar-refractivity contribution in [2.24, 2.45) is 0 Å². The van der Waals surface area contributed by atoms with Crippen LogP contribution in [0.25, 0.3) is 0 Å². The minimum atomic E-state index is 0.202. The lowest BCUT2D eigenvalue weighted by atomic mass is 9.92. The predicted molar refractivity (Wildman–Crippen MR) is 76.9 cm³/mol. The van der Waals surface area contributed by atoms with Gasteiger partial charge in [0.25, 0.3) is 0 Å². The van der Waals surface area contributed by atoms with Crippen molar-refractivity contribution >= 4 is 5.82 Å². The molecule has 4 heteroatoms. The summed E-state index contributed by atoms with van der Waals surface area (Å²) in [7, 11) is 0. The van der Waals surface area contributed by atoms with Crippen molar-refractivity contribution in [2.75, 3.05) is 12.3 Å².